The zero-order valence-electron chi connectivity index (χ0n) is 6.45. The zero-order valence-corrected chi connectivity index (χ0v) is 6.45. The van der Waals surface area contributed by atoms with Crippen molar-refractivity contribution in [1.82, 2.24) is 4.90 Å². The van der Waals surface area contributed by atoms with E-state index >= 15 is 0 Å². The van der Waals surface area contributed by atoms with E-state index in [2.05, 4.69) is 6.58 Å². The van der Waals surface area contributed by atoms with Crippen LogP contribution in [0.1, 0.15) is 0 Å². The minimum Gasteiger partial charge on any atom is -0.378 e. The first kappa shape index (κ1) is 8.27. The van der Waals surface area contributed by atoms with E-state index in [0.29, 0.717) is 26.3 Å². The largest absolute Gasteiger partial charge is 0.378 e. The lowest BCUT2D eigenvalue weighted by Crippen LogP contribution is -2.40. The van der Waals surface area contributed by atoms with Crippen molar-refractivity contribution in [2.75, 3.05) is 26.3 Å². The monoisotopic (exact) mass is 154 g/mol. The van der Waals surface area contributed by atoms with Crippen molar-refractivity contribution in [2.45, 2.75) is 0 Å². The Bertz CT molecular complexity index is 150. The third-order valence-electron chi connectivity index (χ3n) is 1.58. The summed E-state index contributed by atoms with van der Waals surface area (Å²) < 4.78 is 5.09. The first-order valence-electron chi connectivity index (χ1n) is 3.67. The molecule has 3 nitrogen and oxygen atoms in total. The number of hydrogen-bond acceptors (Lipinski definition) is 2. The molecule has 1 fully saturated rings. The number of rotatable bonds is 2. The van der Waals surface area contributed by atoms with Crippen LogP contribution in [-0.2, 0) is 9.53 Å². The first-order valence-corrected chi connectivity index (χ1v) is 3.67. The molecule has 0 unspecified atom stereocenters. The second-order valence-electron chi connectivity index (χ2n) is 2.34. The molecule has 1 radical (unpaired) electrons. The molecule has 0 saturated carbocycles. The number of carbonyl (C=O) groups excluding carboxylic acids is 1. The van der Waals surface area contributed by atoms with Gasteiger partial charge in [-0.3, -0.25) is 4.79 Å². The van der Waals surface area contributed by atoms with Crippen LogP contribution >= 0.6 is 0 Å². The van der Waals surface area contributed by atoms with E-state index in [1.54, 1.807) is 4.90 Å². The molecule has 3 heteroatoms. The van der Waals surface area contributed by atoms with Gasteiger partial charge in [-0.05, 0) is 0 Å². The van der Waals surface area contributed by atoms with Gasteiger partial charge in [0.1, 0.15) is 0 Å². The fourth-order valence-corrected chi connectivity index (χ4v) is 0.990. The Labute approximate surface area is 66.6 Å². The molecule has 1 amide bonds. The molecular weight excluding hydrogens is 142 g/mol. The van der Waals surface area contributed by atoms with Gasteiger partial charge in [0.2, 0.25) is 5.91 Å². The van der Waals surface area contributed by atoms with Crippen molar-refractivity contribution >= 4 is 5.91 Å². The highest BCUT2D eigenvalue weighted by atomic mass is 16.5. The minimum atomic E-state index is 0.0308. The molecule has 1 aliphatic rings. The molecule has 61 valence electrons. The summed E-state index contributed by atoms with van der Waals surface area (Å²) in [6.07, 6.45) is 2.99. The summed E-state index contributed by atoms with van der Waals surface area (Å²) in [4.78, 5) is 12.9. The fraction of sp³-hybridized carbons (Fsp3) is 0.500. The molecule has 11 heavy (non-hydrogen) atoms. The van der Waals surface area contributed by atoms with E-state index < -0.39 is 0 Å². The standard InChI is InChI=1S/C8H12NO2/c1-2-3-8(10)9-4-6-11-7-5-9/h2-3H,1,4-7H2. The number of nitrogens with zero attached hydrogens (tertiary/aromatic N) is 1. The van der Waals surface area contributed by atoms with Crippen LogP contribution in [0.5, 0.6) is 0 Å². The van der Waals surface area contributed by atoms with Gasteiger partial charge in [-0.1, -0.05) is 6.08 Å². The van der Waals surface area contributed by atoms with Crippen LogP contribution in [0.25, 0.3) is 0 Å². The maximum absolute atomic E-state index is 11.1. The van der Waals surface area contributed by atoms with Gasteiger partial charge in [-0.2, -0.15) is 0 Å². The Morgan fingerprint density at radius 3 is 2.64 bits per heavy atom. The molecule has 1 aliphatic heterocycles. The molecule has 0 atom stereocenters. The molecule has 1 rings (SSSR count). The van der Waals surface area contributed by atoms with Crippen LogP contribution in [0.15, 0.2) is 12.7 Å². The molecule has 0 aromatic carbocycles. The number of carbonyl (C=O) groups is 1. The predicted molar refractivity (Wildman–Crippen MR) is 41.9 cm³/mol. The van der Waals surface area contributed by atoms with Crippen LogP contribution in [0.2, 0.25) is 0 Å². The SMILES string of the molecule is C=C[CH]C(=O)N1CCOCC1. The molecule has 1 heterocycles. The maximum Gasteiger partial charge on any atom is 0.230 e. The topological polar surface area (TPSA) is 29.5 Å². The normalized spacial score (nSPS) is 18.0. The highest BCUT2D eigenvalue weighted by Gasteiger charge is 2.14. The number of morpholine rings is 1. The Balaban J connectivity index is 2.32. The minimum absolute atomic E-state index is 0.0308. The van der Waals surface area contributed by atoms with Crippen molar-refractivity contribution in [2.24, 2.45) is 0 Å². The Hall–Kier alpha value is -0.830. The van der Waals surface area contributed by atoms with E-state index in [9.17, 15) is 4.79 Å². The molecule has 0 aliphatic carbocycles. The Morgan fingerprint density at radius 1 is 1.45 bits per heavy atom. The fourth-order valence-electron chi connectivity index (χ4n) is 0.990. The van der Waals surface area contributed by atoms with E-state index in [-0.39, 0.29) is 5.91 Å². The van der Waals surface area contributed by atoms with Gasteiger partial charge in [0.25, 0.3) is 0 Å². The number of hydrogen-bond donors (Lipinski definition) is 0. The van der Waals surface area contributed by atoms with Crippen LogP contribution in [0.3, 0.4) is 0 Å². The summed E-state index contributed by atoms with van der Waals surface area (Å²) in [6.45, 7) is 6.16. The summed E-state index contributed by atoms with van der Waals surface area (Å²) in [7, 11) is 0. The third kappa shape index (κ3) is 2.35. The van der Waals surface area contributed by atoms with Crippen molar-refractivity contribution in [3.63, 3.8) is 0 Å². The molecular formula is C8H12NO2. The molecule has 0 N–H and O–H groups in total. The summed E-state index contributed by atoms with van der Waals surface area (Å²) in [6, 6.07) is 0. The van der Waals surface area contributed by atoms with Gasteiger partial charge in [0.05, 0.1) is 19.6 Å². The molecule has 0 aromatic heterocycles. The van der Waals surface area contributed by atoms with Crippen LogP contribution in [0.4, 0.5) is 0 Å². The van der Waals surface area contributed by atoms with Gasteiger partial charge in [0.15, 0.2) is 0 Å². The van der Waals surface area contributed by atoms with Crippen LogP contribution < -0.4 is 0 Å². The van der Waals surface area contributed by atoms with Gasteiger partial charge >= 0.3 is 0 Å². The van der Waals surface area contributed by atoms with E-state index in [1.165, 1.54) is 12.5 Å². The first-order chi connectivity index (χ1) is 5.34. The van der Waals surface area contributed by atoms with Crippen molar-refractivity contribution in [3.8, 4) is 0 Å². The lowest BCUT2D eigenvalue weighted by atomic mass is 10.3. The second kappa shape index (κ2) is 4.13. The predicted octanol–water partition coefficient (Wildman–Crippen LogP) is 0.235. The summed E-state index contributed by atoms with van der Waals surface area (Å²) >= 11 is 0. The Kier molecular flexibility index (Phi) is 3.11. The zero-order chi connectivity index (χ0) is 8.10. The van der Waals surface area contributed by atoms with Gasteiger partial charge in [-0.25, -0.2) is 0 Å². The Morgan fingerprint density at radius 2 is 2.09 bits per heavy atom. The highest BCUT2D eigenvalue weighted by molar-refractivity contribution is 5.86. The van der Waals surface area contributed by atoms with Crippen molar-refractivity contribution in [1.29, 1.82) is 0 Å². The van der Waals surface area contributed by atoms with Gasteiger partial charge < -0.3 is 9.64 Å². The van der Waals surface area contributed by atoms with E-state index in [0.717, 1.165) is 0 Å². The summed E-state index contributed by atoms with van der Waals surface area (Å²) in [5.41, 5.74) is 0. The highest BCUT2D eigenvalue weighted by Crippen LogP contribution is 1.98. The lowest BCUT2D eigenvalue weighted by Gasteiger charge is -2.26. The van der Waals surface area contributed by atoms with E-state index in [4.69, 9.17) is 4.74 Å². The molecule has 0 spiro atoms. The van der Waals surface area contributed by atoms with Crippen molar-refractivity contribution < 1.29 is 9.53 Å². The third-order valence-corrected chi connectivity index (χ3v) is 1.58. The van der Waals surface area contributed by atoms with Gasteiger partial charge in [-0.15, -0.1) is 6.58 Å². The molecule has 0 bridgehead atoms. The van der Waals surface area contributed by atoms with Crippen LogP contribution in [-0.4, -0.2) is 37.1 Å². The summed E-state index contributed by atoms with van der Waals surface area (Å²) in [5, 5.41) is 0. The quantitative estimate of drug-likeness (QED) is 0.570. The van der Waals surface area contributed by atoms with Crippen molar-refractivity contribution in [3.05, 3.63) is 19.1 Å². The number of ether oxygens (including phenoxy) is 1. The smallest absolute Gasteiger partial charge is 0.230 e. The maximum atomic E-state index is 11.1. The summed E-state index contributed by atoms with van der Waals surface area (Å²) in [5.74, 6) is 0.0308. The lowest BCUT2D eigenvalue weighted by molar-refractivity contribution is -0.131. The number of amides is 1. The average molecular weight is 154 g/mol. The van der Waals surface area contributed by atoms with E-state index in [1.807, 2.05) is 0 Å². The molecule has 0 aromatic rings. The second-order valence-corrected chi connectivity index (χ2v) is 2.34. The van der Waals surface area contributed by atoms with Crippen LogP contribution in [0, 0.1) is 6.42 Å². The average Bonchev–Trinajstić information content (AvgIpc) is 2.07. The molecule has 1 saturated heterocycles. The van der Waals surface area contributed by atoms with Gasteiger partial charge in [0, 0.05) is 13.1 Å².